The fourth-order valence-electron chi connectivity index (χ4n) is 4.30. The molecule has 7 nitrogen and oxygen atoms in total. The molecule has 0 saturated heterocycles. The molecule has 1 aliphatic carbocycles. The smallest absolute Gasteiger partial charge is 0.248 e. The predicted octanol–water partition coefficient (Wildman–Crippen LogP) is 5.33. The van der Waals surface area contributed by atoms with Crippen LogP contribution in [0.4, 0.5) is 11.4 Å². The summed E-state index contributed by atoms with van der Waals surface area (Å²) in [6.07, 6.45) is 5.78. The third-order valence-electron chi connectivity index (χ3n) is 5.83. The van der Waals surface area contributed by atoms with E-state index in [4.69, 9.17) is 13.9 Å². The summed E-state index contributed by atoms with van der Waals surface area (Å²) in [6.45, 7) is 3.30. The van der Waals surface area contributed by atoms with E-state index in [-0.39, 0.29) is 11.8 Å². The summed E-state index contributed by atoms with van der Waals surface area (Å²) >= 11 is 0. The van der Waals surface area contributed by atoms with Crippen molar-refractivity contribution in [3.05, 3.63) is 53.3 Å². The van der Waals surface area contributed by atoms with Crippen molar-refractivity contribution < 1.29 is 23.5 Å². The molecule has 0 radical (unpaired) electrons. The summed E-state index contributed by atoms with van der Waals surface area (Å²) in [4.78, 5) is 24.2. The number of methoxy groups -OCH3 is 2. The van der Waals surface area contributed by atoms with Crippen LogP contribution in [0.5, 0.6) is 11.5 Å². The zero-order chi connectivity index (χ0) is 23.5. The van der Waals surface area contributed by atoms with Crippen LogP contribution >= 0.6 is 0 Å². The first-order chi connectivity index (χ1) is 15.9. The SMILES string of the molecule is COc1ccc(NC(C)=O)cc1NC(=O)/C=C(\C)c1cc2c3c(oc2cc1OC)CCCC3. The molecule has 33 heavy (non-hydrogen) atoms. The number of benzene rings is 2. The van der Waals surface area contributed by atoms with E-state index in [9.17, 15) is 9.59 Å². The van der Waals surface area contributed by atoms with E-state index < -0.39 is 0 Å². The standard InChI is InChI=1S/C26H28N2O5/c1-15(11-26(30)28-21-12-17(27-16(2)29)9-10-23(21)31-3)19-13-20-18-7-5-6-8-22(18)33-25(20)14-24(19)32-4/h9-14H,5-8H2,1-4H3,(H,27,29)(H,28,30)/b15-11+. The zero-order valence-electron chi connectivity index (χ0n) is 19.3. The van der Waals surface area contributed by atoms with Crippen LogP contribution in [-0.4, -0.2) is 26.0 Å². The molecule has 7 heteroatoms. The van der Waals surface area contributed by atoms with Gasteiger partial charge in [-0.3, -0.25) is 9.59 Å². The number of aryl methyl sites for hydroxylation is 2. The number of allylic oxidation sites excluding steroid dienone is 1. The number of carbonyl (C=O) groups excluding carboxylic acids is 2. The molecule has 0 atom stereocenters. The molecule has 0 saturated carbocycles. The number of hydrogen-bond acceptors (Lipinski definition) is 5. The van der Waals surface area contributed by atoms with Gasteiger partial charge in [0.15, 0.2) is 0 Å². The molecule has 0 unspecified atom stereocenters. The quantitative estimate of drug-likeness (QED) is 0.498. The summed E-state index contributed by atoms with van der Waals surface area (Å²) in [7, 11) is 3.13. The van der Waals surface area contributed by atoms with Gasteiger partial charge in [-0.15, -0.1) is 0 Å². The third-order valence-corrected chi connectivity index (χ3v) is 5.83. The monoisotopic (exact) mass is 448 g/mol. The minimum absolute atomic E-state index is 0.197. The van der Waals surface area contributed by atoms with Crippen molar-refractivity contribution in [1.29, 1.82) is 0 Å². The van der Waals surface area contributed by atoms with E-state index in [0.717, 1.165) is 53.5 Å². The number of carbonyl (C=O) groups is 2. The van der Waals surface area contributed by atoms with Gasteiger partial charge in [0.2, 0.25) is 11.8 Å². The van der Waals surface area contributed by atoms with E-state index in [1.165, 1.54) is 25.7 Å². The highest BCUT2D eigenvalue weighted by atomic mass is 16.5. The van der Waals surface area contributed by atoms with Crippen molar-refractivity contribution in [2.45, 2.75) is 39.5 Å². The van der Waals surface area contributed by atoms with E-state index in [1.54, 1.807) is 25.3 Å². The Balaban J connectivity index is 1.64. The minimum Gasteiger partial charge on any atom is -0.496 e. The van der Waals surface area contributed by atoms with Crippen LogP contribution in [0.1, 0.15) is 43.6 Å². The van der Waals surface area contributed by atoms with Gasteiger partial charge in [0.1, 0.15) is 22.8 Å². The number of anilines is 2. The molecule has 4 rings (SSSR count). The Kier molecular flexibility index (Phi) is 6.40. The van der Waals surface area contributed by atoms with Crippen LogP contribution < -0.4 is 20.1 Å². The van der Waals surface area contributed by atoms with Gasteiger partial charge in [-0.25, -0.2) is 0 Å². The Morgan fingerprint density at radius 3 is 2.45 bits per heavy atom. The highest BCUT2D eigenvalue weighted by molar-refractivity contribution is 6.06. The van der Waals surface area contributed by atoms with E-state index in [1.807, 2.05) is 13.0 Å². The largest absolute Gasteiger partial charge is 0.496 e. The number of amides is 2. The number of furan rings is 1. The van der Waals surface area contributed by atoms with Crippen LogP contribution in [0.2, 0.25) is 0 Å². The van der Waals surface area contributed by atoms with Gasteiger partial charge < -0.3 is 24.5 Å². The predicted molar refractivity (Wildman–Crippen MR) is 129 cm³/mol. The van der Waals surface area contributed by atoms with Gasteiger partial charge in [0.05, 0.1) is 19.9 Å². The third kappa shape index (κ3) is 4.72. The van der Waals surface area contributed by atoms with Crippen LogP contribution in [0, 0.1) is 0 Å². The van der Waals surface area contributed by atoms with Crippen molar-refractivity contribution in [2.24, 2.45) is 0 Å². The van der Waals surface area contributed by atoms with Crippen molar-refractivity contribution in [3.63, 3.8) is 0 Å². The Morgan fingerprint density at radius 1 is 0.970 bits per heavy atom. The van der Waals surface area contributed by atoms with Crippen LogP contribution in [0.3, 0.4) is 0 Å². The lowest BCUT2D eigenvalue weighted by Gasteiger charge is -2.13. The second kappa shape index (κ2) is 9.40. The lowest BCUT2D eigenvalue weighted by molar-refractivity contribution is -0.114. The van der Waals surface area contributed by atoms with Crippen LogP contribution in [0.25, 0.3) is 16.5 Å². The van der Waals surface area contributed by atoms with Gasteiger partial charge in [0, 0.05) is 47.7 Å². The molecule has 1 heterocycles. The fourth-order valence-corrected chi connectivity index (χ4v) is 4.30. The lowest BCUT2D eigenvalue weighted by Crippen LogP contribution is -2.11. The summed E-state index contributed by atoms with van der Waals surface area (Å²) < 4.78 is 17.0. The molecule has 0 bridgehead atoms. The second-order valence-electron chi connectivity index (χ2n) is 8.17. The number of nitrogens with one attached hydrogen (secondary N) is 2. The normalized spacial score (nSPS) is 13.4. The van der Waals surface area contributed by atoms with Crippen molar-refractivity contribution in [3.8, 4) is 11.5 Å². The van der Waals surface area contributed by atoms with E-state index in [2.05, 4.69) is 16.7 Å². The maximum atomic E-state index is 12.9. The lowest BCUT2D eigenvalue weighted by atomic mass is 9.94. The zero-order valence-corrected chi connectivity index (χ0v) is 19.3. The Hall–Kier alpha value is -3.74. The molecule has 1 aromatic heterocycles. The van der Waals surface area contributed by atoms with Crippen molar-refractivity contribution in [2.75, 3.05) is 24.9 Å². The van der Waals surface area contributed by atoms with E-state index in [0.29, 0.717) is 22.9 Å². The topological polar surface area (TPSA) is 89.8 Å². The molecular formula is C26H28N2O5. The summed E-state index contributed by atoms with van der Waals surface area (Å²) in [5, 5.41) is 6.63. The van der Waals surface area contributed by atoms with Gasteiger partial charge in [-0.05, 0) is 56.0 Å². The molecular weight excluding hydrogens is 420 g/mol. The maximum Gasteiger partial charge on any atom is 0.248 e. The van der Waals surface area contributed by atoms with Gasteiger partial charge in [-0.1, -0.05) is 0 Å². The van der Waals surface area contributed by atoms with Gasteiger partial charge >= 0.3 is 0 Å². The Labute approximate surface area is 192 Å². The van der Waals surface area contributed by atoms with Crippen LogP contribution in [-0.2, 0) is 22.4 Å². The highest BCUT2D eigenvalue weighted by Gasteiger charge is 2.20. The molecule has 1 aliphatic rings. The number of ether oxygens (including phenoxy) is 2. The molecule has 172 valence electrons. The minimum atomic E-state index is -0.317. The van der Waals surface area contributed by atoms with E-state index >= 15 is 0 Å². The Bertz CT molecular complexity index is 1260. The highest BCUT2D eigenvalue weighted by Crippen LogP contribution is 2.38. The molecule has 3 aromatic rings. The molecule has 0 aliphatic heterocycles. The van der Waals surface area contributed by atoms with Crippen LogP contribution in [0.15, 0.2) is 40.8 Å². The van der Waals surface area contributed by atoms with Gasteiger partial charge in [-0.2, -0.15) is 0 Å². The average Bonchev–Trinajstić information content (AvgIpc) is 3.15. The number of rotatable bonds is 6. The molecule has 0 spiro atoms. The first-order valence-corrected chi connectivity index (χ1v) is 11.0. The molecule has 2 aromatic carbocycles. The summed E-state index contributed by atoms with van der Waals surface area (Å²) in [6, 6.07) is 9.02. The van der Waals surface area contributed by atoms with Crippen molar-refractivity contribution in [1.82, 2.24) is 0 Å². The summed E-state index contributed by atoms with van der Waals surface area (Å²) in [5.74, 6) is 1.69. The molecule has 2 amide bonds. The Morgan fingerprint density at radius 2 is 1.73 bits per heavy atom. The second-order valence-corrected chi connectivity index (χ2v) is 8.17. The first kappa shape index (κ1) is 22.5. The maximum absolute atomic E-state index is 12.9. The number of fused-ring (bicyclic) bond motifs is 3. The van der Waals surface area contributed by atoms with Crippen molar-refractivity contribution >= 4 is 39.7 Å². The number of hydrogen-bond donors (Lipinski definition) is 2. The summed E-state index contributed by atoms with van der Waals surface area (Å²) in [5.41, 5.74) is 4.71. The molecule has 0 fully saturated rings. The first-order valence-electron chi connectivity index (χ1n) is 11.0. The average molecular weight is 449 g/mol. The van der Waals surface area contributed by atoms with Gasteiger partial charge in [0.25, 0.3) is 0 Å². The molecule has 2 N–H and O–H groups in total. The fraction of sp³-hybridized carbons (Fsp3) is 0.308.